The molecule has 0 aromatic heterocycles. The fraction of sp³-hybridized carbons (Fsp3) is 0.429. The molecule has 4 unspecified atom stereocenters. The highest BCUT2D eigenvalue weighted by molar-refractivity contribution is 6.25. The van der Waals surface area contributed by atoms with Gasteiger partial charge in [-0.1, -0.05) is 17.7 Å². The molecule has 3 aliphatic heterocycles. The maximum atomic E-state index is 13.3. The van der Waals surface area contributed by atoms with Crippen LogP contribution >= 0.6 is 0 Å². The van der Waals surface area contributed by atoms with Crippen LogP contribution in [0.3, 0.4) is 0 Å². The summed E-state index contributed by atoms with van der Waals surface area (Å²) >= 11 is 0. The molecule has 1 aromatic carbocycles. The molecular weight excluding hydrogens is 362 g/mol. The Labute approximate surface area is 162 Å². The van der Waals surface area contributed by atoms with E-state index in [9.17, 15) is 19.2 Å². The molecule has 5 rings (SSSR count). The van der Waals surface area contributed by atoms with Gasteiger partial charge in [-0.25, -0.2) is 9.69 Å². The highest BCUT2D eigenvalue weighted by atomic mass is 16.6. The standard InChI is InChI=1S/C21H21NO6/c1-5-27-19(25)14-11(3)16-13-15(21(14,4)20(26)28-16)18(24)22(17(13)23)12-8-6-10(2)7-9-12/h6-9,13,15-16H,5H2,1-4H3. The Morgan fingerprint density at radius 3 is 2.39 bits per heavy atom. The van der Waals surface area contributed by atoms with Crippen molar-refractivity contribution in [1.82, 2.24) is 0 Å². The van der Waals surface area contributed by atoms with Crippen molar-refractivity contribution < 1.29 is 28.7 Å². The normalized spacial score (nSPS) is 31.2. The van der Waals surface area contributed by atoms with Crippen molar-refractivity contribution in [3.63, 3.8) is 0 Å². The molecule has 7 nitrogen and oxygen atoms in total. The van der Waals surface area contributed by atoms with E-state index < -0.39 is 47.1 Å². The van der Waals surface area contributed by atoms with Crippen molar-refractivity contribution in [1.29, 1.82) is 0 Å². The Balaban J connectivity index is 1.85. The van der Waals surface area contributed by atoms with Gasteiger partial charge >= 0.3 is 11.9 Å². The SMILES string of the molecule is CCOC(=O)C1=C(C)C2OC(=O)C1(C)C1C(=O)N(c3ccc(C)cc3)C(=O)C21. The van der Waals surface area contributed by atoms with Gasteiger partial charge in [0, 0.05) is 0 Å². The summed E-state index contributed by atoms with van der Waals surface area (Å²) in [6.07, 6.45) is -0.939. The molecule has 2 amide bonds. The van der Waals surface area contributed by atoms with Gasteiger partial charge in [0.2, 0.25) is 11.8 Å². The molecule has 4 atom stereocenters. The molecule has 1 aliphatic carbocycles. The quantitative estimate of drug-likeness (QED) is 0.585. The Hall–Kier alpha value is -2.96. The summed E-state index contributed by atoms with van der Waals surface area (Å²) in [5.41, 5.74) is 0.508. The van der Waals surface area contributed by atoms with Crippen LogP contribution in [0, 0.1) is 24.2 Å². The van der Waals surface area contributed by atoms with Crippen molar-refractivity contribution in [3.05, 3.63) is 41.0 Å². The average Bonchev–Trinajstić information content (AvgIpc) is 2.90. The predicted molar refractivity (Wildman–Crippen MR) is 98.0 cm³/mol. The van der Waals surface area contributed by atoms with Crippen LogP contribution in [-0.4, -0.2) is 36.5 Å². The zero-order valence-corrected chi connectivity index (χ0v) is 16.1. The number of carbonyl (C=O) groups is 4. The van der Waals surface area contributed by atoms with Crippen LogP contribution in [0.15, 0.2) is 35.4 Å². The third-order valence-corrected chi connectivity index (χ3v) is 6.07. The molecule has 0 spiro atoms. The number of anilines is 1. The smallest absolute Gasteiger partial charge is 0.335 e. The number of fused-ring (bicyclic) bond motifs is 1. The van der Waals surface area contributed by atoms with Gasteiger partial charge in [0.25, 0.3) is 0 Å². The number of hydrogen-bond acceptors (Lipinski definition) is 6. The average molecular weight is 383 g/mol. The van der Waals surface area contributed by atoms with E-state index in [-0.39, 0.29) is 12.2 Å². The third kappa shape index (κ3) is 2.16. The van der Waals surface area contributed by atoms with Gasteiger partial charge in [-0.3, -0.25) is 14.4 Å². The first-order valence-corrected chi connectivity index (χ1v) is 9.27. The molecule has 1 aromatic rings. The molecule has 0 radical (unpaired) electrons. The molecule has 4 aliphatic rings. The van der Waals surface area contributed by atoms with Crippen molar-refractivity contribution in [2.24, 2.45) is 17.3 Å². The second-order valence-corrected chi connectivity index (χ2v) is 7.66. The van der Waals surface area contributed by atoms with Gasteiger partial charge in [0.1, 0.15) is 11.5 Å². The topological polar surface area (TPSA) is 90.0 Å². The number of aryl methyl sites for hydroxylation is 1. The van der Waals surface area contributed by atoms with Gasteiger partial charge in [-0.05, 0) is 45.4 Å². The molecule has 0 saturated carbocycles. The monoisotopic (exact) mass is 383 g/mol. The largest absolute Gasteiger partial charge is 0.463 e. The van der Waals surface area contributed by atoms with Crippen LogP contribution in [0.2, 0.25) is 0 Å². The Kier molecular flexibility index (Phi) is 3.96. The molecule has 2 bridgehead atoms. The van der Waals surface area contributed by atoms with E-state index in [2.05, 4.69) is 0 Å². The second-order valence-electron chi connectivity index (χ2n) is 7.66. The fourth-order valence-corrected chi connectivity index (χ4v) is 4.73. The lowest BCUT2D eigenvalue weighted by molar-refractivity contribution is -0.184. The lowest BCUT2D eigenvalue weighted by Gasteiger charge is -2.48. The van der Waals surface area contributed by atoms with Crippen LogP contribution in [-0.2, 0) is 28.7 Å². The summed E-state index contributed by atoms with van der Waals surface area (Å²) in [6.45, 7) is 6.87. The van der Waals surface area contributed by atoms with Gasteiger partial charge < -0.3 is 9.47 Å². The van der Waals surface area contributed by atoms with Crippen LogP contribution in [0.4, 0.5) is 5.69 Å². The van der Waals surface area contributed by atoms with E-state index in [1.54, 1.807) is 26.0 Å². The molecular formula is C21H21NO6. The minimum Gasteiger partial charge on any atom is -0.463 e. The molecule has 2 fully saturated rings. The molecule has 0 N–H and O–H groups in total. The predicted octanol–water partition coefficient (Wildman–Crippen LogP) is 1.93. The highest BCUT2D eigenvalue weighted by Gasteiger charge is 2.71. The van der Waals surface area contributed by atoms with Crippen molar-refractivity contribution in [2.75, 3.05) is 11.5 Å². The van der Waals surface area contributed by atoms with E-state index in [1.807, 2.05) is 19.1 Å². The van der Waals surface area contributed by atoms with Crippen molar-refractivity contribution in [3.8, 4) is 0 Å². The zero-order chi connectivity index (χ0) is 20.4. The van der Waals surface area contributed by atoms with Gasteiger partial charge in [-0.2, -0.15) is 0 Å². The van der Waals surface area contributed by atoms with Crippen molar-refractivity contribution in [2.45, 2.75) is 33.8 Å². The molecule has 2 saturated heterocycles. The number of nitrogens with zero attached hydrogens (tertiary/aromatic N) is 1. The zero-order valence-electron chi connectivity index (χ0n) is 16.1. The van der Waals surface area contributed by atoms with Crippen LogP contribution in [0.5, 0.6) is 0 Å². The second kappa shape index (κ2) is 6.02. The fourth-order valence-electron chi connectivity index (χ4n) is 4.73. The minimum absolute atomic E-state index is 0.141. The lowest BCUT2D eigenvalue weighted by atomic mass is 9.57. The van der Waals surface area contributed by atoms with E-state index in [1.165, 1.54) is 6.92 Å². The number of ether oxygens (including phenoxy) is 2. The van der Waals surface area contributed by atoms with Gasteiger partial charge in [0.15, 0.2) is 0 Å². The molecule has 7 heteroatoms. The minimum atomic E-state index is -1.55. The lowest BCUT2D eigenvalue weighted by Crippen LogP contribution is -2.60. The van der Waals surface area contributed by atoms with Crippen LogP contribution in [0.1, 0.15) is 26.3 Å². The summed E-state index contributed by atoms with van der Waals surface area (Å²) in [6, 6.07) is 7.01. The molecule has 28 heavy (non-hydrogen) atoms. The first-order valence-electron chi connectivity index (χ1n) is 9.27. The first kappa shape index (κ1) is 18.4. The molecule has 146 valence electrons. The van der Waals surface area contributed by atoms with Crippen molar-refractivity contribution >= 4 is 29.4 Å². The summed E-state index contributed by atoms with van der Waals surface area (Å²) < 4.78 is 10.6. The van der Waals surface area contributed by atoms with E-state index in [4.69, 9.17) is 9.47 Å². The van der Waals surface area contributed by atoms with Crippen LogP contribution < -0.4 is 4.90 Å². The number of benzene rings is 1. The van der Waals surface area contributed by atoms with Gasteiger partial charge in [0.05, 0.1) is 29.7 Å². The highest BCUT2D eigenvalue weighted by Crippen LogP contribution is 2.58. The Morgan fingerprint density at radius 2 is 1.79 bits per heavy atom. The number of rotatable bonds is 3. The number of imide groups is 1. The maximum Gasteiger partial charge on any atom is 0.335 e. The third-order valence-electron chi connectivity index (χ3n) is 6.07. The molecule has 3 heterocycles. The summed E-state index contributed by atoms with van der Waals surface area (Å²) in [4.78, 5) is 53.0. The number of amides is 2. The Bertz CT molecular complexity index is 946. The van der Waals surface area contributed by atoms with E-state index in [0.29, 0.717) is 11.3 Å². The number of carbonyl (C=O) groups excluding carboxylic acids is 4. The Morgan fingerprint density at radius 1 is 1.14 bits per heavy atom. The maximum absolute atomic E-state index is 13.3. The number of hydrogen-bond donors (Lipinski definition) is 0. The van der Waals surface area contributed by atoms with Crippen LogP contribution in [0.25, 0.3) is 0 Å². The number of esters is 2. The summed E-state index contributed by atoms with van der Waals surface area (Å²) in [5, 5.41) is 0. The van der Waals surface area contributed by atoms with E-state index in [0.717, 1.165) is 10.5 Å². The summed E-state index contributed by atoms with van der Waals surface area (Å²) in [7, 11) is 0. The van der Waals surface area contributed by atoms with E-state index >= 15 is 0 Å². The summed E-state index contributed by atoms with van der Waals surface area (Å²) in [5.74, 6) is -4.04. The first-order chi connectivity index (χ1) is 13.2. The van der Waals surface area contributed by atoms with Gasteiger partial charge in [-0.15, -0.1) is 0 Å².